The monoisotopic (exact) mass is 346 g/mol. The highest BCUT2D eigenvalue weighted by molar-refractivity contribution is 6.04. The standard InChI is InChI=1S/C20H18N4O2/c1-14-7-8-15(13-21-14)19(25)22-17-9-11-18(12-10-17)24-20(26)23-16-5-3-2-4-6-16/h2-13H,1H3,(H,22,25)(H2,23,24,26). The maximum Gasteiger partial charge on any atom is 0.323 e. The average Bonchev–Trinajstić information content (AvgIpc) is 2.64. The van der Waals surface area contributed by atoms with Crippen molar-refractivity contribution in [1.29, 1.82) is 0 Å². The molecular weight excluding hydrogens is 328 g/mol. The number of aryl methyl sites for hydroxylation is 1. The molecule has 3 rings (SSSR count). The van der Waals surface area contributed by atoms with E-state index in [4.69, 9.17) is 0 Å². The quantitative estimate of drug-likeness (QED) is 0.659. The Bertz CT molecular complexity index is 891. The first-order valence-electron chi connectivity index (χ1n) is 8.07. The van der Waals surface area contributed by atoms with Gasteiger partial charge in [-0.2, -0.15) is 0 Å². The summed E-state index contributed by atoms with van der Waals surface area (Å²) in [4.78, 5) is 28.2. The van der Waals surface area contributed by atoms with Gasteiger partial charge in [0.25, 0.3) is 5.91 Å². The Balaban J connectivity index is 1.57. The molecule has 0 atom stereocenters. The highest BCUT2D eigenvalue weighted by atomic mass is 16.2. The molecule has 6 heteroatoms. The van der Waals surface area contributed by atoms with Crippen molar-refractivity contribution in [2.75, 3.05) is 16.0 Å². The van der Waals surface area contributed by atoms with E-state index < -0.39 is 0 Å². The van der Waals surface area contributed by atoms with E-state index in [0.29, 0.717) is 22.6 Å². The lowest BCUT2D eigenvalue weighted by Gasteiger charge is -2.09. The molecule has 0 fully saturated rings. The number of hydrogen-bond acceptors (Lipinski definition) is 3. The molecule has 130 valence electrons. The van der Waals surface area contributed by atoms with E-state index in [-0.39, 0.29) is 11.9 Å². The first kappa shape index (κ1) is 17.2. The number of anilines is 3. The number of nitrogens with one attached hydrogen (secondary N) is 3. The fourth-order valence-corrected chi connectivity index (χ4v) is 2.26. The van der Waals surface area contributed by atoms with Crippen LogP contribution >= 0.6 is 0 Å². The van der Waals surface area contributed by atoms with E-state index in [1.807, 2.05) is 25.1 Å². The number of urea groups is 1. The second kappa shape index (κ2) is 7.94. The maximum absolute atomic E-state index is 12.2. The van der Waals surface area contributed by atoms with Crippen molar-refractivity contribution in [3.8, 4) is 0 Å². The molecule has 0 unspecified atom stereocenters. The van der Waals surface area contributed by atoms with Crippen molar-refractivity contribution in [1.82, 2.24) is 4.98 Å². The zero-order valence-electron chi connectivity index (χ0n) is 14.2. The van der Waals surface area contributed by atoms with Crippen molar-refractivity contribution >= 4 is 29.0 Å². The van der Waals surface area contributed by atoms with Crippen LogP contribution in [0.4, 0.5) is 21.9 Å². The Morgan fingerprint density at radius 1 is 0.731 bits per heavy atom. The summed E-state index contributed by atoms with van der Waals surface area (Å²) >= 11 is 0. The van der Waals surface area contributed by atoms with Gasteiger partial charge in [0.2, 0.25) is 0 Å². The Kier molecular flexibility index (Phi) is 5.24. The number of hydrogen-bond donors (Lipinski definition) is 3. The highest BCUT2D eigenvalue weighted by Gasteiger charge is 2.07. The van der Waals surface area contributed by atoms with Crippen molar-refractivity contribution in [2.24, 2.45) is 0 Å². The summed E-state index contributed by atoms with van der Waals surface area (Å²) in [5, 5.41) is 8.26. The first-order chi connectivity index (χ1) is 12.6. The van der Waals surface area contributed by atoms with E-state index in [0.717, 1.165) is 5.69 Å². The molecule has 3 aromatic rings. The van der Waals surface area contributed by atoms with Gasteiger partial charge >= 0.3 is 6.03 Å². The number of benzene rings is 2. The van der Waals surface area contributed by atoms with Crippen molar-refractivity contribution < 1.29 is 9.59 Å². The SMILES string of the molecule is Cc1ccc(C(=O)Nc2ccc(NC(=O)Nc3ccccc3)cc2)cn1. The van der Waals surface area contributed by atoms with Crippen LogP contribution in [0, 0.1) is 6.92 Å². The van der Waals surface area contributed by atoms with Crippen LogP contribution in [0.1, 0.15) is 16.1 Å². The molecule has 3 amide bonds. The number of aromatic nitrogens is 1. The molecule has 0 aliphatic heterocycles. The molecule has 0 saturated heterocycles. The molecule has 0 bridgehead atoms. The third-order valence-corrected chi connectivity index (χ3v) is 3.61. The molecular formula is C20H18N4O2. The Morgan fingerprint density at radius 2 is 1.31 bits per heavy atom. The maximum atomic E-state index is 12.2. The van der Waals surface area contributed by atoms with Gasteiger partial charge in [-0.3, -0.25) is 9.78 Å². The van der Waals surface area contributed by atoms with E-state index in [1.54, 1.807) is 48.5 Å². The smallest absolute Gasteiger partial charge is 0.322 e. The van der Waals surface area contributed by atoms with Crippen LogP contribution in [0.3, 0.4) is 0 Å². The minimum Gasteiger partial charge on any atom is -0.322 e. The topological polar surface area (TPSA) is 83.1 Å². The largest absolute Gasteiger partial charge is 0.323 e. The molecule has 0 aliphatic rings. The summed E-state index contributed by atoms with van der Waals surface area (Å²) in [6.07, 6.45) is 1.54. The summed E-state index contributed by atoms with van der Waals surface area (Å²) in [6.45, 7) is 1.86. The lowest BCUT2D eigenvalue weighted by atomic mass is 10.2. The number of carbonyl (C=O) groups excluding carboxylic acids is 2. The molecule has 3 N–H and O–H groups in total. The average molecular weight is 346 g/mol. The summed E-state index contributed by atoms with van der Waals surface area (Å²) < 4.78 is 0. The lowest BCUT2D eigenvalue weighted by Crippen LogP contribution is -2.19. The van der Waals surface area contributed by atoms with Crippen LogP contribution < -0.4 is 16.0 Å². The predicted octanol–water partition coefficient (Wildman–Crippen LogP) is 4.29. The Morgan fingerprint density at radius 3 is 1.88 bits per heavy atom. The second-order valence-electron chi connectivity index (χ2n) is 5.66. The van der Waals surface area contributed by atoms with Gasteiger partial charge in [-0.25, -0.2) is 4.79 Å². The minimum atomic E-state index is -0.335. The van der Waals surface area contributed by atoms with Crippen LogP contribution in [0.25, 0.3) is 0 Å². The molecule has 0 aliphatic carbocycles. The van der Waals surface area contributed by atoms with Gasteiger partial charge in [0.05, 0.1) is 5.56 Å². The zero-order chi connectivity index (χ0) is 18.4. The number of amides is 3. The number of rotatable bonds is 4. The van der Waals surface area contributed by atoms with Crippen LogP contribution in [0.15, 0.2) is 72.9 Å². The van der Waals surface area contributed by atoms with E-state index >= 15 is 0 Å². The van der Waals surface area contributed by atoms with Gasteiger partial charge in [-0.1, -0.05) is 18.2 Å². The molecule has 0 radical (unpaired) electrons. The van der Waals surface area contributed by atoms with Crippen LogP contribution in [0.2, 0.25) is 0 Å². The summed E-state index contributed by atoms with van der Waals surface area (Å²) in [5.74, 6) is -0.236. The van der Waals surface area contributed by atoms with Gasteiger partial charge in [0.1, 0.15) is 0 Å². The van der Waals surface area contributed by atoms with Crippen molar-refractivity contribution in [2.45, 2.75) is 6.92 Å². The fraction of sp³-hybridized carbons (Fsp3) is 0.0500. The number of pyridine rings is 1. The molecule has 2 aromatic carbocycles. The Hall–Kier alpha value is -3.67. The fourth-order valence-electron chi connectivity index (χ4n) is 2.26. The summed E-state index contributed by atoms with van der Waals surface area (Å²) in [6, 6.07) is 19.2. The second-order valence-corrected chi connectivity index (χ2v) is 5.66. The van der Waals surface area contributed by atoms with Gasteiger partial charge in [-0.15, -0.1) is 0 Å². The van der Waals surface area contributed by atoms with Crippen LogP contribution in [-0.2, 0) is 0 Å². The molecule has 6 nitrogen and oxygen atoms in total. The molecule has 26 heavy (non-hydrogen) atoms. The zero-order valence-corrected chi connectivity index (χ0v) is 14.2. The van der Waals surface area contributed by atoms with Gasteiger partial charge in [-0.05, 0) is 55.5 Å². The minimum absolute atomic E-state index is 0.236. The normalized spacial score (nSPS) is 10.0. The third kappa shape index (κ3) is 4.67. The van der Waals surface area contributed by atoms with Gasteiger partial charge in [0, 0.05) is 29.0 Å². The van der Waals surface area contributed by atoms with Crippen LogP contribution in [-0.4, -0.2) is 16.9 Å². The summed E-state index contributed by atoms with van der Waals surface area (Å²) in [5.41, 5.74) is 3.30. The van der Waals surface area contributed by atoms with E-state index in [9.17, 15) is 9.59 Å². The molecule has 0 spiro atoms. The third-order valence-electron chi connectivity index (χ3n) is 3.61. The Labute approximate surface area is 151 Å². The van der Waals surface area contributed by atoms with Crippen molar-refractivity contribution in [3.05, 3.63) is 84.2 Å². The highest BCUT2D eigenvalue weighted by Crippen LogP contribution is 2.15. The van der Waals surface area contributed by atoms with Crippen molar-refractivity contribution in [3.63, 3.8) is 0 Å². The lowest BCUT2D eigenvalue weighted by molar-refractivity contribution is 0.102. The van der Waals surface area contributed by atoms with Gasteiger partial charge in [0.15, 0.2) is 0 Å². The number of carbonyl (C=O) groups is 2. The summed E-state index contributed by atoms with van der Waals surface area (Å²) in [7, 11) is 0. The first-order valence-corrected chi connectivity index (χ1v) is 8.07. The predicted molar refractivity (Wildman–Crippen MR) is 102 cm³/mol. The molecule has 1 heterocycles. The molecule has 1 aromatic heterocycles. The van der Waals surface area contributed by atoms with E-state index in [2.05, 4.69) is 20.9 Å². The van der Waals surface area contributed by atoms with Crippen LogP contribution in [0.5, 0.6) is 0 Å². The molecule has 0 saturated carbocycles. The number of para-hydroxylation sites is 1. The van der Waals surface area contributed by atoms with Gasteiger partial charge < -0.3 is 16.0 Å². The van der Waals surface area contributed by atoms with E-state index in [1.165, 1.54) is 6.20 Å². The number of nitrogens with zero attached hydrogens (tertiary/aromatic N) is 1.